The fourth-order valence-electron chi connectivity index (χ4n) is 4.20. The van der Waals surface area contributed by atoms with Gasteiger partial charge in [0.1, 0.15) is 17.1 Å². The van der Waals surface area contributed by atoms with Crippen LogP contribution < -0.4 is 5.43 Å². The van der Waals surface area contributed by atoms with Gasteiger partial charge in [0, 0.05) is 13.1 Å². The second-order valence-electron chi connectivity index (χ2n) is 8.19. The minimum atomic E-state index is -0.102. The van der Waals surface area contributed by atoms with Gasteiger partial charge in [-0.1, -0.05) is 49.4 Å². The molecule has 1 heterocycles. The molecule has 166 valence electrons. The van der Waals surface area contributed by atoms with Crippen molar-refractivity contribution in [3.05, 3.63) is 99.4 Å². The van der Waals surface area contributed by atoms with Crippen molar-refractivity contribution in [2.24, 2.45) is 0 Å². The second-order valence-corrected chi connectivity index (χ2v) is 8.19. The molecule has 5 heteroatoms. The molecule has 1 aromatic heterocycles. The van der Waals surface area contributed by atoms with Crippen LogP contribution >= 0.6 is 0 Å². The maximum Gasteiger partial charge on any atom is 0.200 e. The van der Waals surface area contributed by atoms with Crippen LogP contribution in [0.3, 0.4) is 0 Å². The van der Waals surface area contributed by atoms with Gasteiger partial charge in [-0.2, -0.15) is 5.26 Å². The standard InChI is InChI=1S/C28H26N2O3/c1-3-15-30(17-21-11-9-20(16-29)10-12-21)18-24-25(31)14-13-23-27(32)26(19(2)33-28(23)24)22-7-5-4-6-8-22/h4-14,31H,3,15,17-18H2,1-2H3. The molecule has 0 unspecified atom stereocenters. The van der Waals surface area contributed by atoms with Crippen LogP contribution in [0.25, 0.3) is 22.1 Å². The van der Waals surface area contributed by atoms with Crippen molar-refractivity contribution in [1.29, 1.82) is 5.26 Å². The van der Waals surface area contributed by atoms with E-state index in [-0.39, 0.29) is 11.2 Å². The van der Waals surface area contributed by atoms with Crippen LogP contribution in [-0.2, 0) is 13.1 Å². The lowest BCUT2D eigenvalue weighted by Gasteiger charge is -2.23. The number of phenols is 1. The van der Waals surface area contributed by atoms with Crippen LogP contribution in [-0.4, -0.2) is 16.6 Å². The van der Waals surface area contributed by atoms with Crippen LogP contribution in [0.5, 0.6) is 5.75 Å². The maximum absolute atomic E-state index is 13.4. The van der Waals surface area contributed by atoms with Gasteiger partial charge in [0.15, 0.2) is 0 Å². The summed E-state index contributed by atoms with van der Waals surface area (Å²) in [4.78, 5) is 15.6. The molecule has 0 aliphatic heterocycles. The highest BCUT2D eigenvalue weighted by atomic mass is 16.3. The molecule has 0 amide bonds. The first kappa shape index (κ1) is 22.3. The van der Waals surface area contributed by atoms with Gasteiger partial charge in [0.2, 0.25) is 5.43 Å². The third kappa shape index (κ3) is 4.67. The molecule has 0 atom stereocenters. The predicted molar refractivity (Wildman–Crippen MR) is 130 cm³/mol. The zero-order valence-corrected chi connectivity index (χ0v) is 18.8. The van der Waals surface area contributed by atoms with E-state index in [4.69, 9.17) is 9.68 Å². The monoisotopic (exact) mass is 438 g/mol. The van der Waals surface area contributed by atoms with Crippen molar-refractivity contribution in [2.75, 3.05) is 6.54 Å². The first-order valence-corrected chi connectivity index (χ1v) is 11.1. The number of rotatable bonds is 7. The number of benzene rings is 3. The molecule has 0 bridgehead atoms. The fraction of sp³-hybridized carbons (Fsp3) is 0.214. The summed E-state index contributed by atoms with van der Waals surface area (Å²) in [6.45, 7) is 5.79. The summed E-state index contributed by atoms with van der Waals surface area (Å²) in [7, 11) is 0. The zero-order chi connectivity index (χ0) is 23.4. The van der Waals surface area contributed by atoms with E-state index < -0.39 is 0 Å². The summed E-state index contributed by atoms with van der Waals surface area (Å²) < 4.78 is 6.18. The maximum atomic E-state index is 13.4. The number of nitriles is 1. The number of phenolic OH excluding ortho intramolecular Hbond substituents is 1. The molecule has 0 aliphatic rings. The number of fused-ring (bicyclic) bond motifs is 1. The first-order valence-electron chi connectivity index (χ1n) is 11.1. The molecule has 0 spiro atoms. The first-order chi connectivity index (χ1) is 16.0. The molecule has 4 rings (SSSR count). The zero-order valence-electron chi connectivity index (χ0n) is 18.8. The highest BCUT2D eigenvalue weighted by Crippen LogP contribution is 2.31. The Labute approximate surface area is 193 Å². The number of nitrogens with zero attached hydrogens (tertiary/aromatic N) is 2. The fourth-order valence-corrected chi connectivity index (χ4v) is 4.20. The third-order valence-corrected chi connectivity index (χ3v) is 5.79. The lowest BCUT2D eigenvalue weighted by molar-refractivity contribution is 0.253. The predicted octanol–water partition coefficient (Wildman–Crippen LogP) is 5.76. The molecule has 3 aromatic carbocycles. The molecule has 0 aliphatic carbocycles. The molecular weight excluding hydrogens is 412 g/mol. The molecule has 1 N–H and O–H groups in total. The normalized spacial score (nSPS) is 11.1. The van der Waals surface area contributed by atoms with E-state index in [2.05, 4.69) is 17.9 Å². The van der Waals surface area contributed by atoms with Crippen LogP contribution in [0.4, 0.5) is 0 Å². The van der Waals surface area contributed by atoms with Gasteiger partial charge in [0.05, 0.1) is 28.1 Å². The molecular formula is C28H26N2O3. The quantitative estimate of drug-likeness (QED) is 0.397. The minimum absolute atomic E-state index is 0.102. The van der Waals surface area contributed by atoms with E-state index in [9.17, 15) is 9.90 Å². The lowest BCUT2D eigenvalue weighted by Crippen LogP contribution is -2.24. The van der Waals surface area contributed by atoms with E-state index in [1.807, 2.05) is 54.6 Å². The molecule has 0 saturated carbocycles. The van der Waals surface area contributed by atoms with Gasteiger partial charge in [-0.15, -0.1) is 0 Å². The highest BCUT2D eigenvalue weighted by Gasteiger charge is 2.19. The molecule has 0 radical (unpaired) electrons. The molecule has 5 nitrogen and oxygen atoms in total. The largest absolute Gasteiger partial charge is 0.507 e. The Morgan fingerprint density at radius 1 is 1.00 bits per heavy atom. The van der Waals surface area contributed by atoms with Crippen molar-refractivity contribution in [1.82, 2.24) is 4.90 Å². The van der Waals surface area contributed by atoms with Gasteiger partial charge < -0.3 is 9.52 Å². The molecule has 33 heavy (non-hydrogen) atoms. The Hall–Kier alpha value is -3.88. The van der Waals surface area contributed by atoms with Gasteiger partial charge in [0.25, 0.3) is 0 Å². The van der Waals surface area contributed by atoms with Crippen molar-refractivity contribution >= 4 is 11.0 Å². The number of aryl methyl sites for hydroxylation is 1. The Morgan fingerprint density at radius 3 is 2.39 bits per heavy atom. The lowest BCUT2D eigenvalue weighted by atomic mass is 10.0. The summed E-state index contributed by atoms with van der Waals surface area (Å²) in [5, 5.41) is 20.2. The topological polar surface area (TPSA) is 77.5 Å². The van der Waals surface area contributed by atoms with Crippen molar-refractivity contribution in [2.45, 2.75) is 33.4 Å². The van der Waals surface area contributed by atoms with Gasteiger partial charge >= 0.3 is 0 Å². The number of hydrogen-bond donors (Lipinski definition) is 1. The van der Waals surface area contributed by atoms with Crippen LogP contribution in [0.1, 0.15) is 35.8 Å². The van der Waals surface area contributed by atoms with Gasteiger partial charge in [-0.3, -0.25) is 9.69 Å². The highest BCUT2D eigenvalue weighted by molar-refractivity contribution is 5.86. The average molecular weight is 439 g/mol. The van der Waals surface area contributed by atoms with Crippen LogP contribution in [0.15, 0.2) is 75.9 Å². The average Bonchev–Trinajstić information content (AvgIpc) is 2.82. The van der Waals surface area contributed by atoms with Crippen LogP contribution in [0, 0.1) is 18.3 Å². The van der Waals surface area contributed by atoms with Gasteiger partial charge in [-0.05, 0) is 55.3 Å². The summed E-state index contributed by atoms with van der Waals surface area (Å²) >= 11 is 0. The van der Waals surface area contributed by atoms with E-state index in [1.165, 1.54) is 0 Å². The summed E-state index contributed by atoms with van der Waals surface area (Å²) in [6, 6.07) is 22.3. The van der Waals surface area contributed by atoms with E-state index in [1.54, 1.807) is 19.1 Å². The molecule has 0 saturated heterocycles. The van der Waals surface area contributed by atoms with Crippen LogP contribution in [0.2, 0.25) is 0 Å². The van der Waals surface area contributed by atoms with E-state index >= 15 is 0 Å². The second kappa shape index (κ2) is 9.72. The molecule has 4 aromatic rings. The Balaban J connectivity index is 1.75. The van der Waals surface area contributed by atoms with Crippen molar-refractivity contribution in [3.8, 4) is 22.9 Å². The Bertz CT molecular complexity index is 1370. The van der Waals surface area contributed by atoms with Gasteiger partial charge in [-0.25, -0.2) is 0 Å². The summed E-state index contributed by atoms with van der Waals surface area (Å²) in [6.07, 6.45) is 0.933. The number of hydrogen-bond acceptors (Lipinski definition) is 5. The number of aromatic hydroxyl groups is 1. The minimum Gasteiger partial charge on any atom is -0.507 e. The Morgan fingerprint density at radius 2 is 1.73 bits per heavy atom. The van der Waals surface area contributed by atoms with E-state index in [0.717, 1.165) is 24.1 Å². The Kier molecular flexibility index (Phi) is 6.58. The molecule has 0 fully saturated rings. The summed E-state index contributed by atoms with van der Waals surface area (Å²) in [5.41, 5.74) is 3.99. The SMILES string of the molecule is CCCN(Cc1ccc(C#N)cc1)Cc1c(O)ccc2c(=O)c(-c3ccccc3)c(C)oc12. The van der Waals surface area contributed by atoms with Crippen molar-refractivity contribution < 1.29 is 9.52 Å². The third-order valence-electron chi connectivity index (χ3n) is 5.79. The summed E-state index contributed by atoms with van der Waals surface area (Å²) in [5.74, 6) is 0.637. The van der Waals surface area contributed by atoms with Crippen molar-refractivity contribution in [3.63, 3.8) is 0 Å². The smallest absolute Gasteiger partial charge is 0.200 e. The van der Waals surface area contributed by atoms with E-state index in [0.29, 0.717) is 46.5 Å².